The fourth-order valence-corrected chi connectivity index (χ4v) is 1.56. The van der Waals surface area contributed by atoms with Gasteiger partial charge in [0.1, 0.15) is 0 Å². The minimum atomic E-state index is 0. The third-order valence-electron chi connectivity index (χ3n) is 1.01. The summed E-state index contributed by atoms with van der Waals surface area (Å²) in [7, 11) is 0. The molecule has 1 rings (SSSR count). The molecule has 0 saturated carbocycles. The van der Waals surface area contributed by atoms with Gasteiger partial charge < -0.3 is 51.6 Å². The van der Waals surface area contributed by atoms with Crippen molar-refractivity contribution in [3.05, 3.63) is 0 Å². The molecule has 0 spiro atoms. The fraction of sp³-hybridized carbons (Fsp3) is 0.500. The first-order valence-corrected chi connectivity index (χ1v) is 5.08. The molecular formula is C4H6N4S4Zn. The molecule has 68 valence electrons. The van der Waals surface area contributed by atoms with Crippen LogP contribution < -0.4 is 10.9 Å². The number of hydrogen-bond donors (Lipinski definition) is 2. The van der Waals surface area contributed by atoms with Gasteiger partial charge in [0.15, 0.2) is 0 Å². The van der Waals surface area contributed by atoms with Crippen molar-refractivity contribution >= 4 is 57.3 Å². The number of hydrazine groups is 2. The van der Waals surface area contributed by atoms with Crippen LogP contribution in [0.25, 0.3) is 0 Å². The Balaban J connectivity index is 0.00000144. The predicted octanol–water partition coefficient (Wildman–Crippen LogP) is -0.308. The molecule has 1 aliphatic heterocycles. The zero-order valence-electron chi connectivity index (χ0n) is 6.65. The maximum Gasteiger partial charge on any atom is 2.00 e. The van der Waals surface area contributed by atoms with Crippen molar-refractivity contribution in [3.63, 3.8) is 0 Å². The number of nitrogens with zero attached hydrogens (tertiary/aromatic N) is 2. The molecule has 0 aromatic carbocycles. The molecule has 4 nitrogen and oxygen atoms in total. The largest absolute Gasteiger partial charge is 2.00 e. The van der Waals surface area contributed by atoms with E-state index in [-0.39, 0.29) is 23.8 Å². The van der Waals surface area contributed by atoms with Crippen LogP contribution in [0.1, 0.15) is 0 Å². The summed E-state index contributed by atoms with van der Waals surface area (Å²) in [4.78, 5) is 0. The molecule has 0 radical (unpaired) electrons. The number of nitrogens with one attached hydrogen (secondary N) is 2. The van der Waals surface area contributed by atoms with Gasteiger partial charge in [-0.3, -0.25) is 0 Å². The van der Waals surface area contributed by atoms with Crippen LogP contribution in [0.3, 0.4) is 0 Å². The summed E-state index contributed by atoms with van der Waals surface area (Å²) in [6.45, 7) is 1.37. The Labute approximate surface area is 109 Å². The zero-order valence-corrected chi connectivity index (χ0v) is 12.9. The van der Waals surface area contributed by atoms with Crippen LogP contribution in [0.5, 0.6) is 0 Å². The normalized spacial score (nSPS) is 17.4. The van der Waals surface area contributed by atoms with Gasteiger partial charge in [0.2, 0.25) is 0 Å². The first-order valence-electron chi connectivity index (χ1n) is 3.08. The molecule has 0 aromatic rings. The van der Waals surface area contributed by atoms with Crippen molar-refractivity contribution in [1.82, 2.24) is 16.0 Å². The molecule has 0 atom stereocenters. The van der Waals surface area contributed by atoms with Crippen molar-refractivity contribution < 1.29 is 19.5 Å². The van der Waals surface area contributed by atoms with Gasteiger partial charge in [-0.05, 0) is 8.64 Å². The number of hydrogen-bond acceptors (Lipinski definition) is 6. The second-order valence-electron chi connectivity index (χ2n) is 1.89. The van der Waals surface area contributed by atoms with Gasteiger partial charge in [-0.25, -0.2) is 0 Å². The van der Waals surface area contributed by atoms with Crippen LogP contribution in [0, 0.1) is 0 Å². The van der Waals surface area contributed by atoms with E-state index in [0.717, 1.165) is 0 Å². The summed E-state index contributed by atoms with van der Waals surface area (Å²) in [5.74, 6) is 0. The Bertz CT molecular complexity index is 232. The third-order valence-corrected chi connectivity index (χ3v) is 2.08. The topological polar surface area (TPSA) is 39.7 Å². The molecular weight excluding hydrogens is 298 g/mol. The van der Waals surface area contributed by atoms with Crippen LogP contribution in [0.2, 0.25) is 0 Å². The van der Waals surface area contributed by atoms with Crippen LogP contribution in [0.4, 0.5) is 0 Å². The summed E-state index contributed by atoms with van der Waals surface area (Å²) < 4.78 is 4.94. The van der Waals surface area contributed by atoms with Gasteiger partial charge in [0, 0.05) is 6.54 Å². The van der Waals surface area contributed by atoms with Gasteiger partial charge in [-0.15, -0.1) is 5.12 Å². The molecule has 0 bridgehead atoms. The third kappa shape index (κ3) is 5.93. The van der Waals surface area contributed by atoms with Crippen molar-refractivity contribution in [2.75, 3.05) is 13.1 Å². The number of thiocarbonyl (C=S) groups is 2. The standard InChI is InChI=1S/C4H7N4S4.Zn/c9-3(10)6-8-2-1-5-12-4(11)7-8;/h1-2H2,(H,7,11)(H2,6,9,10);/q-1;+2/p-1. The van der Waals surface area contributed by atoms with E-state index in [1.807, 2.05) is 0 Å². The van der Waals surface area contributed by atoms with Crippen LogP contribution in [-0.2, 0) is 43.7 Å². The van der Waals surface area contributed by atoms with Gasteiger partial charge in [0.25, 0.3) is 0 Å². The number of rotatable bonds is 1. The summed E-state index contributed by atoms with van der Waals surface area (Å²) in [6.07, 6.45) is 0. The first kappa shape index (κ1) is 13.7. The molecule has 0 fully saturated rings. The van der Waals surface area contributed by atoms with E-state index >= 15 is 0 Å². The smallest absolute Gasteiger partial charge is 0.449 e. The summed E-state index contributed by atoms with van der Waals surface area (Å²) in [5.41, 5.74) is 5.64. The van der Waals surface area contributed by atoms with Gasteiger partial charge in [0.05, 0.1) is 6.54 Å². The first-order chi connectivity index (χ1) is 5.68. The average Bonchev–Trinajstić information content (AvgIpc) is 2.12. The minimum absolute atomic E-state index is 0. The van der Waals surface area contributed by atoms with E-state index in [1.54, 1.807) is 5.12 Å². The van der Waals surface area contributed by atoms with E-state index in [0.29, 0.717) is 17.4 Å². The molecule has 0 saturated heterocycles. The molecule has 9 heteroatoms. The van der Waals surface area contributed by atoms with Crippen LogP contribution >= 0.6 is 24.4 Å². The van der Waals surface area contributed by atoms with E-state index in [9.17, 15) is 0 Å². The molecule has 0 unspecified atom stereocenters. The second kappa shape index (κ2) is 7.08. The molecule has 13 heavy (non-hydrogen) atoms. The summed E-state index contributed by atoms with van der Waals surface area (Å²) >= 11 is 15.6. The van der Waals surface area contributed by atoms with Crippen LogP contribution in [0.15, 0.2) is 4.36 Å². The minimum Gasteiger partial charge on any atom is -0.449 e. The Morgan fingerprint density at radius 3 is 3.08 bits per heavy atom. The Kier molecular flexibility index (Phi) is 7.48. The maximum atomic E-state index is 4.92. The van der Waals surface area contributed by atoms with Crippen molar-refractivity contribution in [1.29, 1.82) is 0 Å². The monoisotopic (exact) mass is 302 g/mol. The van der Waals surface area contributed by atoms with E-state index in [1.165, 1.54) is 11.6 Å². The summed E-state index contributed by atoms with van der Waals surface area (Å²) in [5, 5.41) is 1.64. The molecule has 1 heterocycles. The van der Waals surface area contributed by atoms with Crippen molar-refractivity contribution in [2.45, 2.75) is 0 Å². The molecule has 0 aromatic heterocycles. The Hall–Kier alpha value is 0.733. The molecule has 1 aliphatic rings. The molecule has 0 amide bonds. The second-order valence-corrected chi connectivity index (χ2v) is 4.48. The SMILES string of the molecule is S=C([S-])NN1CCN=[S-]C(=S)N1.[Zn+2]. The summed E-state index contributed by atoms with van der Waals surface area (Å²) in [6, 6.07) is 0. The van der Waals surface area contributed by atoms with E-state index < -0.39 is 0 Å². The van der Waals surface area contributed by atoms with E-state index in [4.69, 9.17) is 37.1 Å². The Morgan fingerprint density at radius 1 is 1.77 bits per heavy atom. The van der Waals surface area contributed by atoms with Crippen molar-refractivity contribution in [2.24, 2.45) is 4.36 Å². The predicted molar refractivity (Wildman–Crippen MR) is 60.2 cm³/mol. The van der Waals surface area contributed by atoms with Gasteiger partial charge in [-0.2, -0.15) is 0 Å². The molecule has 2 N–H and O–H groups in total. The Morgan fingerprint density at radius 2 is 2.46 bits per heavy atom. The average molecular weight is 304 g/mol. The van der Waals surface area contributed by atoms with Crippen molar-refractivity contribution in [3.8, 4) is 0 Å². The fourth-order valence-electron chi connectivity index (χ4n) is 0.626. The quantitative estimate of drug-likeness (QED) is 0.393. The maximum absolute atomic E-state index is 4.92. The zero-order chi connectivity index (χ0) is 8.97. The molecule has 0 aliphatic carbocycles. The van der Waals surface area contributed by atoms with Crippen LogP contribution in [-0.4, -0.2) is 26.8 Å². The van der Waals surface area contributed by atoms with Gasteiger partial charge >= 0.3 is 19.5 Å². The van der Waals surface area contributed by atoms with E-state index in [2.05, 4.69) is 15.2 Å². The van der Waals surface area contributed by atoms with Gasteiger partial charge in [-0.1, -0.05) is 12.2 Å².